The van der Waals surface area contributed by atoms with E-state index in [4.69, 9.17) is 0 Å². The second kappa shape index (κ2) is 4.81. The SMILES string of the molecule is CN(CC1CCCC1)CC1(O)CCNC1. The highest BCUT2D eigenvalue weighted by Gasteiger charge is 2.32. The topological polar surface area (TPSA) is 35.5 Å². The molecule has 3 heteroatoms. The van der Waals surface area contributed by atoms with Crippen LogP contribution >= 0.6 is 0 Å². The normalized spacial score (nSPS) is 33.0. The van der Waals surface area contributed by atoms with E-state index in [1.165, 1.54) is 32.2 Å². The van der Waals surface area contributed by atoms with Crippen molar-refractivity contribution in [2.24, 2.45) is 5.92 Å². The summed E-state index contributed by atoms with van der Waals surface area (Å²) in [4.78, 5) is 2.32. The number of hydrogen-bond acceptors (Lipinski definition) is 3. The van der Waals surface area contributed by atoms with Gasteiger partial charge in [0.2, 0.25) is 0 Å². The summed E-state index contributed by atoms with van der Waals surface area (Å²) in [6.45, 7) is 3.73. The van der Waals surface area contributed by atoms with E-state index in [1.807, 2.05) is 0 Å². The summed E-state index contributed by atoms with van der Waals surface area (Å²) >= 11 is 0. The Morgan fingerprint density at radius 3 is 2.73 bits per heavy atom. The molecule has 2 fully saturated rings. The molecule has 0 aromatic carbocycles. The van der Waals surface area contributed by atoms with Crippen molar-refractivity contribution in [3.8, 4) is 0 Å². The Morgan fingerprint density at radius 2 is 2.13 bits per heavy atom. The van der Waals surface area contributed by atoms with Crippen molar-refractivity contribution in [1.82, 2.24) is 10.2 Å². The average Bonchev–Trinajstić information content (AvgIpc) is 2.76. The van der Waals surface area contributed by atoms with E-state index in [9.17, 15) is 5.11 Å². The molecule has 2 N–H and O–H groups in total. The Labute approximate surface area is 92.8 Å². The molecule has 0 spiro atoms. The molecular weight excluding hydrogens is 188 g/mol. The molecule has 3 nitrogen and oxygen atoms in total. The maximum atomic E-state index is 10.2. The summed E-state index contributed by atoms with van der Waals surface area (Å²) in [6.07, 6.45) is 6.50. The first-order valence-corrected chi connectivity index (χ1v) is 6.30. The standard InChI is InChI=1S/C12H24N2O/c1-14(8-11-4-2-3-5-11)10-12(15)6-7-13-9-12/h11,13,15H,2-10H2,1H3. The van der Waals surface area contributed by atoms with E-state index in [0.717, 1.165) is 32.0 Å². The van der Waals surface area contributed by atoms with Crippen LogP contribution in [0.2, 0.25) is 0 Å². The van der Waals surface area contributed by atoms with Crippen LogP contribution in [0.25, 0.3) is 0 Å². The molecule has 0 amide bonds. The first-order chi connectivity index (χ1) is 7.18. The van der Waals surface area contributed by atoms with Gasteiger partial charge < -0.3 is 15.3 Å². The van der Waals surface area contributed by atoms with Gasteiger partial charge in [0.1, 0.15) is 0 Å². The molecule has 1 heterocycles. The summed E-state index contributed by atoms with van der Waals surface area (Å²) in [5.74, 6) is 0.882. The highest BCUT2D eigenvalue weighted by Crippen LogP contribution is 2.26. The first-order valence-electron chi connectivity index (χ1n) is 6.30. The maximum absolute atomic E-state index is 10.2. The lowest BCUT2D eigenvalue weighted by Crippen LogP contribution is -2.44. The molecule has 1 atom stereocenters. The molecule has 1 aliphatic heterocycles. The molecule has 0 aromatic rings. The van der Waals surface area contributed by atoms with Crippen LogP contribution in [-0.4, -0.2) is 48.8 Å². The minimum atomic E-state index is -0.465. The Bertz CT molecular complexity index is 196. The minimum absolute atomic E-state index is 0.465. The van der Waals surface area contributed by atoms with Crippen molar-refractivity contribution >= 4 is 0 Å². The van der Waals surface area contributed by atoms with Crippen LogP contribution < -0.4 is 5.32 Å². The number of rotatable bonds is 4. The molecule has 0 radical (unpaired) electrons. The van der Waals surface area contributed by atoms with Crippen LogP contribution in [0.5, 0.6) is 0 Å². The third kappa shape index (κ3) is 3.16. The molecule has 1 aliphatic carbocycles. The van der Waals surface area contributed by atoms with Gasteiger partial charge in [-0.3, -0.25) is 0 Å². The molecule has 15 heavy (non-hydrogen) atoms. The van der Waals surface area contributed by atoms with Crippen LogP contribution in [0.3, 0.4) is 0 Å². The molecule has 1 saturated carbocycles. The Morgan fingerprint density at radius 1 is 1.40 bits per heavy atom. The molecule has 1 saturated heterocycles. The number of likely N-dealkylation sites (N-methyl/N-ethyl adjacent to an activating group) is 1. The van der Waals surface area contributed by atoms with Crippen molar-refractivity contribution in [2.75, 3.05) is 33.2 Å². The van der Waals surface area contributed by atoms with Crippen LogP contribution in [0, 0.1) is 5.92 Å². The maximum Gasteiger partial charge on any atom is 0.0909 e. The van der Waals surface area contributed by atoms with Crippen molar-refractivity contribution in [3.63, 3.8) is 0 Å². The third-order valence-electron chi connectivity index (χ3n) is 3.83. The van der Waals surface area contributed by atoms with E-state index in [0.29, 0.717) is 0 Å². The summed E-state index contributed by atoms with van der Waals surface area (Å²) in [5.41, 5.74) is -0.465. The van der Waals surface area contributed by atoms with Gasteiger partial charge in [0.05, 0.1) is 5.60 Å². The third-order valence-corrected chi connectivity index (χ3v) is 3.83. The number of nitrogens with one attached hydrogen (secondary N) is 1. The van der Waals surface area contributed by atoms with E-state index in [-0.39, 0.29) is 0 Å². The van der Waals surface area contributed by atoms with Crippen molar-refractivity contribution in [3.05, 3.63) is 0 Å². The summed E-state index contributed by atoms with van der Waals surface area (Å²) in [7, 11) is 2.15. The van der Waals surface area contributed by atoms with Crippen molar-refractivity contribution < 1.29 is 5.11 Å². The van der Waals surface area contributed by atoms with Gasteiger partial charge in [-0.05, 0) is 38.8 Å². The summed E-state index contributed by atoms with van der Waals surface area (Å²) < 4.78 is 0. The van der Waals surface area contributed by atoms with E-state index in [2.05, 4.69) is 17.3 Å². The van der Waals surface area contributed by atoms with Gasteiger partial charge >= 0.3 is 0 Å². The Hall–Kier alpha value is -0.120. The summed E-state index contributed by atoms with van der Waals surface area (Å²) in [5, 5.41) is 13.5. The van der Waals surface area contributed by atoms with Crippen molar-refractivity contribution in [1.29, 1.82) is 0 Å². The van der Waals surface area contributed by atoms with Crippen molar-refractivity contribution in [2.45, 2.75) is 37.7 Å². The molecule has 2 rings (SSSR count). The van der Waals surface area contributed by atoms with Gasteiger partial charge in [-0.25, -0.2) is 0 Å². The lowest BCUT2D eigenvalue weighted by molar-refractivity contribution is 0.0247. The molecular formula is C12H24N2O. The fraction of sp³-hybridized carbons (Fsp3) is 1.00. The molecule has 0 bridgehead atoms. The summed E-state index contributed by atoms with van der Waals surface area (Å²) in [6, 6.07) is 0. The van der Waals surface area contributed by atoms with Gasteiger partial charge in [-0.1, -0.05) is 12.8 Å². The quantitative estimate of drug-likeness (QED) is 0.724. The van der Waals surface area contributed by atoms with Crippen LogP contribution in [0.1, 0.15) is 32.1 Å². The van der Waals surface area contributed by atoms with Gasteiger partial charge in [-0.2, -0.15) is 0 Å². The van der Waals surface area contributed by atoms with Crippen LogP contribution in [-0.2, 0) is 0 Å². The number of aliphatic hydroxyl groups is 1. The fourth-order valence-corrected chi connectivity index (χ4v) is 3.07. The zero-order valence-electron chi connectivity index (χ0n) is 9.84. The van der Waals surface area contributed by atoms with E-state index >= 15 is 0 Å². The average molecular weight is 212 g/mol. The monoisotopic (exact) mass is 212 g/mol. The minimum Gasteiger partial charge on any atom is -0.387 e. The van der Waals surface area contributed by atoms with Crippen LogP contribution in [0.4, 0.5) is 0 Å². The largest absolute Gasteiger partial charge is 0.387 e. The highest BCUT2D eigenvalue weighted by atomic mass is 16.3. The number of nitrogens with zero attached hydrogens (tertiary/aromatic N) is 1. The Kier molecular flexibility index (Phi) is 3.65. The number of hydrogen-bond donors (Lipinski definition) is 2. The smallest absolute Gasteiger partial charge is 0.0909 e. The predicted molar refractivity (Wildman–Crippen MR) is 61.9 cm³/mol. The Balaban J connectivity index is 1.73. The zero-order valence-corrected chi connectivity index (χ0v) is 9.84. The van der Waals surface area contributed by atoms with E-state index < -0.39 is 5.60 Å². The molecule has 0 aromatic heterocycles. The van der Waals surface area contributed by atoms with Gasteiger partial charge in [-0.15, -0.1) is 0 Å². The first kappa shape index (κ1) is 11.4. The molecule has 1 unspecified atom stereocenters. The second-order valence-electron chi connectivity index (χ2n) is 5.50. The zero-order chi connectivity index (χ0) is 10.7. The molecule has 2 aliphatic rings. The lowest BCUT2D eigenvalue weighted by atomic mass is 10.0. The van der Waals surface area contributed by atoms with Gasteiger partial charge in [0, 0.05) is 19.6 Å². The number of β-amino-alcohol motifs (C(OH)–C–C–N with tert-alkyl or cyclic N) is 1. The van der Waals surface area contributed by atoms with Gasteiger partial charge in [0.15, 0.2) is 0 Å². The second-order valence-corrected chi connectivity index (χ2v) is 5.50. The molecule has 88 valence electrons. The predicted octanol–water partition coefficient (Wildman–Crippen LogP) is 0.833. The highest BCUT2D eigenvalue weighted by molar-refractivity contribution is 4.90. The van der Waals surface area contributed by atoms with Crippen LogP contribution in [0.15, 0.2) is 0 Å². The van der Waals surface area contributed by atoms with Gasteiger partial charge in [0.25, 0.3) is 0 Å². The lowest BCUT2D eigenvalue weighted by Gasteiger charge is -2.29. The fourth-order valence-electron chi connectivity index (χ4n) is 3.07. The van der Waals surface area contributed by atoms with E-state index in [1.54, 1.807) is 0 Å².